The van der Waals surface area contributed by atoms with E-state index in [1.54, 1.807) is 11.3 Å². The molecular weight excluding hydrogens is 196 g/mol. The fourth-order valence-electron chi connectivity index (χ4n) is 1.96. The summed E-state index contributed by atoms with van der Waals surface area (Å²) in [6, 6.07) is 0.360. The maximum absolute atomic E-state index is 9.16. The van der Waals surface area contributed by atoms with Gasteiger partial charge in [-0.2, -0.15) is 0 Å². The standard InChI is InChI=1S/C10H16N2OS/c1-8-7-14-10(11-8)5-12-4-2-3-9(12)6-13/h7,9,13H,2-6H2,1H3/t9-/m0/s1. The van der Waals surface area contributed by atoms with Gasteiger partial charge in [0.25, 0.3) is 0 Å². The third-order valence-corrected chi connectivity index (χ3v) is 3.67. The summed E-state index contributed by atoms with van der Waals surface area (Å²) in [7, 11) is 0. The summed E-state index contributed by atoms with van der Waals surface area (Å²) in [6.45, 7) is 4.31. The van der Waals surface area contributed by atoms with Crippen LogP contribution in [-0.4, -0.2) is 34.2 Å². The van der Waals surface area contributed by atoms with Crippen LogP contribution in [0.1, 0.15) is 23.5 Å². The maximum Gasteiger partial charge on any atom is 0.107 e. The van der Waals surface area contributed by atoms with E-state index in [1.165, 1.54) is 11.4 Å². The molecular formula is C10H16N2OS. The van der Waals surface area contributed by atoms with E-state index < -0.39 is 0 Å². The van der Waals surface area contributed by atoms with Gasteiger partial charge in [0.2, 0.25) is 0 Å². The average molecular weight is 212 g/mol. The van der Waals surface area contributed by atoms with Gasteiger partial charge in [0.05, 0.1) is 13.2 Å². The van der Waals surface area contributed by atoms with Crippen molar-refractivity contribution < 1.29 is 5.11 Å². The summed E-state index contributed by atoms with van der Waals surface area (Å²) in [5.74, 6) is 0. The highest BCUT2D eigenvalue weighted by molar-refractivity contribution is 7.09. The van der Waals surface area contributed by atoms with Crippen molar-refractivity contribution in [2.75, 3.05) is 13.2 Å². The molecule has 1 aromatic rings. The van der Waals surface area contributed by atoms with E-state index in [4.69, 9.17) is 5.11 Å². The quantitative estimate of drug-likeness (QED) is 0.823. The predicted molar refractivity (Wildman–Crippen MR) is 57.4 cm³/mol. The smallest absolute Gasteiger partial charge is 0.107 e. The van der Waals surface area contributed by atoms with Crippen LogP contribution in [0.3, 0.4) is 0 Å². The number of aromatic nitrogens is 1. The molecule has 0 spiro atoms. The van der Waals surface area contributed by atoms with E-state index >= 15 is 0 Å². The summed E-state index contributed by atoms with van der Waals surface area (Å²) >= 11 is 1.71. The number of thiazole rings is 1. The fraction of sp³-hybridized carbons (Fsp3) is 0.700. The minimum Gasteiger partial charge on any atom is -0.395 e. The first-order valence-corrected chi connectivity index (χ1v) is 5.93. The molecule has 2 rings (SSSR count). The van der Waals surface area contributed by atoms with Crippen LogP contribution in [0.4, 0.5) is 0 Å². The molecule has 0 aromatic carbocycles. The van der Waals surface area contributed by atoms with E-state index in [-0.39, 0.29) is 6.61 Å². The lowest BCUT2D eigenvalue weighted by atomic mass is 10.2. The molecule has 1 saturated heterocycles. The van der Waals surface area contributed by atoms with Gasteiger partial charge in [-0.15, -0.1) is 11.3 Å². The van der Waals surface area contributed by atoms with Crippen molar-refractivity contribution in [2.45, 2.75) is 32.4 Å². The molecule has 1 N–H and O–H groups in total. The molecule has 14 heavy (non-hydrogen) atoms. The molecule has 2 heterocycles. The second-order valence-corrected chi connectivity index (χ2v) is 4.77. The zero-order valence-electron chi connectivity index (χ0n) is 8.44. The van der Waals surface area contributed by atoms with Crippen molar-refractivity contribution in [3.8, 4) is 0 Å². The minimum atomic E-state index is 0.282. The van der Waals surface area contributed by atoms with Gasteiger partial charge in [0.15, 0.2) is 0 Å². The van der Waals surface area contributed by atoms with Crippen LogP contribution in [-0.2, 0) is 6.54 Å². The first-order valence-electron chi connectivity index (χ1n) is 5.05. The number of likely N-dealkylation sites (tertiary alicyclic amines) is 1. The van der Waals surface area contributed by atoms with E-state index in [0.29, 0.717) is 6.04 Å². The number of nitrogens with zero attached hydrogens (tertiary/aromatic N) is 2. The molecule has 1 aliphatic rings. The van der Waals surface area contributed by atoms with Crippen molar-refractivity contribution in [1.29, 1.82) is 0 Å². The highest BCUT2D eigenvalue weighted by atomic mass is 32.1. The van der Waals surface area contributed by atoms with E-state index in [2.05, 4.69) is 15.3 Å². The fourth-order valence-corrected chi connectivity index (χ4v) is 2.76. The number of aryl methyl sites for hydroxylation is 1. The molecule has 1 fully saturated rings. The van der Waals surface area contributed by atoms with Crippen LogP contribution in [0.5, 0.6) is 0 Å². The number of hydrogen-bond donors (Lipinski definition) is 1. The third-order valence-electron chi connectivity index (χ3n) is 2.71. The molecule has 4 heteroatoms. The van der Waals surface area contributed by atoms with Gasteiger partial charge in [0.1, 0.15) is 5.01 Å². The molecule has 0 radical (unpaired) electrons. The Bertz CT molecular complexity index is 300. The second kappa shape index (κ2) is 4.38. The molecule has 0 saturated carbocycles. The van der Waals surface area contributed by atoms with Crippen LogP contribution in [0, 0.1) is 6.92 Å². The van der Waals surface area contributed by atoms with E-state index in [1.807, 2.05) is 6.92 Å². The Labute approximate surface area is 88.4 Å². The average Bonchev–Trinajstić information content (AvgIpc) is 2.76. The lowest BCUT2D eigenvalue weighted by Gasteiger charge is -2.20. The molecule has 1 aliphatic heterocycles. The number of aliphatic hydroxyl groups is 1. The lowest BCUT2D eigenvalue weighted by Crippen LogP contribution is -2.31. The van der Waals surface area contributed by atoms with Crippen LogP contribution in [0.25, 0.3) is 0 Å². The van der Waals surface area contributed by atoms with Crippen LogP contribution in [0.15, 0.2) is 5.38 Å². The summed E-state index contributed by atoms with van der Waals surface area (Å²) in [5, 5.41) is 12.4. The topological polar surface area (TPSA) is 36.4 Å². The van der Waals surface area contributed by atoms with Gasteiger partial charge >= 0.3 is 0 Å². The highest BCUT2D eigenvalue weighted by Gasteiger charge is 2.24. The molecule has 78 valence electrons. The normalized spacial score (nSPS) is 23.1. The third kappa shape index (κ3) is 2.13. The maximum atomic E-state index is 9.16. The van der Waals surface area contributed by atoms with Crippen LogP contribution in [0.2, 0.25) is 0 Å². The van der Waals surface area contributed by atoms with Gasteiger partial charge in [-0.05, 0) is 26.3 Å². The Balaban J connectivity index is 1.96. The number of aliphatic hydroxyl groups excluding tert-OH is 1. The molecule has 0 unspecified atom stereocenters. The summed E-state index contributed by atoms with van der Waals surface area (Å²) in [6.07, 6.45) is 2.33. The van der Waals surface area contributed by atoms with E-state index in [0.717, 1.165) is 25.2 Å². The number of hydrogen-bond acceptors (Lipinski definition) is 4. The van der Waals surface area contributed by atoms with Gasteiger partial charge in [-0.3, -0.25) is 4.90 Å². The first-order chi connectivity index (χ1) is 6.79. The van der Waals surface area contributed by atoms with Crippen molar-refractivity contribution in [3.05, 3.63) is 16.1 Å². The molecule has 3 nitrogen and oxygen atoms in total. The Morgan fingerprint density at radius 3 is 3.21 bits per heavy atom. The predicted octanol–water partition coefficient (Wildman–Crippen LogP) is 1.41. The SMILES string of the molecule is Cc1csc(CN2CCC[C@H]2CO)n1. The lowest BCUT2D eigenvalue weighted by molar-refractivity contribution is 0.153. The van der Waals surface area contributed by atoms with Crippen LogP contribution < -0.4 is 0 Å². The van der Waals surface area contributed by atoms with Crippen LogP contribution >= 0.6 is 11.3 Å². The number of rotatable bonds is 3. The Morgan fingerprint density at radius 1 is 1.71 bits per heavy atom. The van der Waals surface area contributed by atoms with Gasteiger partial charge in [-0.1, -0.05) is 0 Å². The van der Waals surface area contributed by atoms with Gasteiger partial charge in [0, 0.05) is 17.1 Å². The van der Waals surface area contributed by atoms with Crippen molar-refractivity contribution >= 4 is 11.3 Å². The zero-order valence-corrected chi connectivity index (χ0v) is 9.26. The molecule has 1 aromatic heterocycles. The van der Waals surface area contributed by atoms with Crippen molar-refractivity contribution in [2.24, 2.45) is 0 Å². The molecule has 1 atom stereocenters. The minimum absolute atomic E-state index is 0.282. The second-order valence-electron chi connectivity index (χ2n) is 3.83. The summed E-state index contributed by atoms with van der Waals surface area (Å²) in [5.41, 5.74) is 1.10. The summed E-state index contributed by atoms with van der Waals surface area (Å²) in [4.78, 5) is 6.77. The highest BCUT2D eigenvalue weighted by Crippen LogP contribution is 2.20. The first kappa shape index (κ1) is 10.1. The molecule has 0 bridgehead atoms. The van der Waals surface area contributed by atoms with E-state index in [9.17, 15) is 0 Å². The Kier molecular flexibility index (Phi) is 3.15. The Hall–Kier alpha value is -0.450. The molecule has 0 aliphatic carbocycles. The molecule has 0 amide bonds. The zero-order chi connectivity index (χ0) is 9.97. The van der Waals surface area contributed by atoms with Gasteiger partial charge < -0.3 is 5.11 Å². The summed E-state index contributed by atoms with van der Waals surface area (Å²) < 4.78 is 0. The van der Waals surface area contributed by atoms with Crippen molar-refractivity contribution in [3.63, 3.8) is 0 Å². The van der Waals surface area contributed by atoms with Gasteiger partial charge in [-0.25, -0.2) is 4.98 Å². The Morgan fingerprint density at radius 2 is 2.57 bits per heavy atom. The monoisotopic (exact) mass is 212 g/mol. The largest absolute Gasteiger partial charge is 0.395 e. The van der Waals surface area contributed by atoms with Crippen molar-refractivity contribution in [1.82, 2.24) is 9.88 Å².